The first-order chi connectivity index (χ1) is 9.61. The standard InChI is InChI=1S/C16H24N2O2/c1-4-20-12(2)11-18-13(3)17-15(16(18)19)10-14-8-6-5-7-9-14/h5-9,12-13,15,17H,4,10-11H2,1-3H3. The molecule has 0 aliphatic carbocycles. The number of benzene rings is 1. The van der Waals surface area contributed by atoms with Crippen molar-refractivity contribution in [1.29, 1.82) is 0 Å². The summed E-state index contributed by atoms with van der Waals surface area (Å²) in [5.41, 5.74) is 1.19. The fourth-order valence-electron chi connectivity index (χ4n) is 2.70. The maximum atomic E-state index is 12.5. The van der Waals surface area contributed by atoms with E-state index in [-0.39, 0.29) is 24.2 Å². The molecule has 1 aromatic rings. The molecular formula is C16H24N2O2. The number of amides is 1. The van der Waals surface area contributed by atoms with Crippen LogP contribution in [0.15, 0.2) is 30.3 Å². The average Bonchev–Trinajstić information content (AvgIpc) is 2.68. The van der Waals surface area contributed by atoms with E-state index >= 15 is 0 Å². The van der Waals surface area contributed by atoms with Crippen LogP contribution in [0.2, 0.25) is 0 Å². The maximum absolute atomic E-state index is 12.5. The summed E-state index contributed by atoms with van der Waals surface area (Å²) >= 11 is 0. The highest BCUT2D eigenvalue weighted by Crippen LogP contribution is 2.15. The molecule has 0 aromatic heterocycles. The lowest BCUT2D eigenvalue weighted by Crippen LogP contribution is -2.40. The summed E-state index contributed by atoms with van der Waals surface area (Å²) < 4.78 is 5.53. The minimum atomic E-state index is -0.124. The van der Waals surface area contributed by atoms with Gasteiger partial charge in [-0.15, -0.1) is 0 Å². The number of hydrogen-bond donors (Lipinski definition) is 1. The Morgan fingerprint density at radius 1 is 1.35 bits per heavy atom. The van der Waals surface area contributed by atoms with E-state index in [9.17, 15) is 4.79 Å². The van der Waals surface area contributed by atoms with Gasteiger partial charge in [-0.1, -0.05) is 30.3 Å². The maximum Gasteiger partial charge on any atom is 0.241 e. The van der Waals surface area contributed by atoms with Gasteiger partial charge >= 0.3 is 0 Å². The molecule has 1 saturated heterocycles. The van der Waals surface area contributed by atoms with Crippen molar-refractivity contribution in [2.45, 2.75) is 45.5 Å². The molecule has 0 saturated carbocycles. The van der Waals surface area contributed by atoms with Crippen molar-refractivity contribution in [1.82, 2.24) is 10.2 Å². The van der Waals surface area contributed by atoms with Gasteiger partial charge in [-0.25, -0.2) is 0 Å². The van der Waals surface area contributed by atoms with Crippen molar-refractivity contribution < 1.29 is 9.53 Å². The van der Waals surface area contributed by atoms with Crippen LogP contribution in [0.25, 0.3) is 0 Å². The van der Waals surface area contributed by atoms with Gasteiger partial charge in [0.25, 0.3) is 0 Å². The summed E-state index contributed by atoms with van der Waals surface area (Å²) in [4.78, 5) is 14.4. The number of carbonyl (C=O) groups is 1. The molecule has 1 heterocycles. The van der Waals surface area contributed by atoms with Crippen LogP contribution >= 0.6 is 0 Å². The first kappa shape index (κ1) is 15.0. The van der Waals surface area contributed by atoms with Crippen LogP contribution in [0, 0.1) is 0 Å². The second kappa shape index (κ2) is 6.86. The Balaban J connectivity index is 1.96. The lowest BCUT2D eigenvalue weighted by molar-refractivity contribution is -0.131. The van der Waals surface area contributed by atoms with Crippen LogP contribution in [-0.4, -0.2) is 42.3 Å². The van der Waals surface area contributed by atoms with Crippen molar-refractivity contribution in [3.8, 4) is 0 Å². The molecule has 2 rings (SSSR count). The van der Waals surface area contributed by atoms with Gasteiger partial charge in [0.1, 0.15) is 0 Å². The Labute approximate surface area is 121 Å². The van der Waals surface area contributed by atoms with Crippen LogP contribution in [0.3, 0.4) is 0 Å². The van der Waals surface area contributed by atoms with Gasteiger partial charge in [0.2, 0.25) is 5.91 Å². The fraction of sp³-hybridized carbons (Fsp3) is 0.562. The van der Waals surface area contributed by atoms with E-state index in [0.29, 0.717) is 13.2 Å². The number of carbonyl (C=O) groups excluding carboxylic acids is 1. The molecule has 110 valence electrons. The average molecular weight is 276 g/mol. The summed E-state index contributed by atoms with van der Waals surface area (Å²) in [6.07, 6.45) is 0.881. The van der Waals surface area contributed by atoms with E-state index in [2.05, 4.69) is 17.4 Å². The molecule has 4 nitrogen and oxygen atoms in total. The molecule has 0 spiro atoms. The monoisotopic (exact) mass is 276 g/mol. The molecule has 3 atom stereocenters. The molecule has 1 aromatic carbocycles. The number of ether oxygens (including phenoxy) is 1. The Kier molecular flexibility index (Phi) is 5.15. The molecule has 4 heteroatoms. The summed E-state index contributed by atoms with van der Waals surface area (Å²) in [6, 6.07) is 10.0. The van der Waals surface area contributed by atoms with Crippen LogP contribution in [-0.2, 0) is 16.0 Å². The summed E-state index contributed by atoms with van der Waals surface area (Å²) in [6.45, 7) is 7.34. The fourth-order valence-corrected chi connectivity index (χ4v) is 2.70. The molecule has 1 aliphatic heterocycles. The van der Waals surface area contributed by atoms with Crippen molar-refractivity contribution in [3.63, 3.8) is 0 Å². The lowest BCUT2D eigenvalue weighted by atomic mass is 10.1. The number of hydrogen-bond acceptors (Lipinski definition) is 3. The molecule has 0 radical (unpaired) electrons. The first-order valence-electron chi connectivity index (χ1n) is 7.34. The third kappa shape index (κ3) is 3.58. The van der Waals surface area contributed by atoms with Crippen LogP contribution in [0.5, 0.6) is 0 Å². The van der Waals surface area contributed by atoms with Gasteiger partial charge in [0.15, 0.2) is 0 Å². The molecular weight excluding hydrogens is 252 g/mol. The molecule has 1 fully saturated rings. The highest BCUT2D eigenvalue weighted by atomic mass is 16.5. The quantitative estimate of drug-likeness (QED) is 0.861. The normalized spacial score (nSPS) is 24.1. The van der Waals surface area contributed by atoms with Crippen molar-refractivity contribution in [3.05, 3.63) is 35.9 Å². The highest BCUT2D eigenvalue weighted by Gasteiger charge is 2.36. The van der Waals surface area contributed by atoms with Gasteiger partial charge in [0.05, 0.1) is 18.3 Å². The Bertz CT molecular complexity index is 435. The molecule has 0 bridgehead atoms. The second-order valence-corrected chi connectivity index (χ2v) is 5.34. The predicted octanol–water partition coefficient (Wildman–Crippen LogP) is 1.80. The smallest absolute Gasteiger partial charge is 0.241 e. The Morgan fingerprint density at radius 2 is 2.05 bits per heavy atom. The van der Waals surface area contributed by atoms with Crippen molar-refractivity contribution in [2.24, 2.45) is 0 Å². The highest BCUT2D eigenvalue weighted by molar-refractivity contribution is 5.84. The van der Waals surface area contributed by atoms with Gasteiger partial charge in [-0.2, -0.15) is 0 Å². The zero-order valence-electron chi connectivity index (χ0n) is 12.5. The lowest BCUT2D eigenvalue weighted by Gasteiger charge is -2.24. The second-order valence-electron chi connectivity index (χ2n) is 5.34. The zero-order valence-corrected chi connectivity index (χ0v) is 12.5. The SMILES string of the molecule is CCOC(C)CN1C(=O)C(Cc2ccccc2)NC1C. The van der Waals surface area contributed by atoms with Crippen molar-refractivity contribution >= 4 is 5.91 Å². The summed E-state index contributed by atoms with van der Waals surface area (Å²) in [5.74, 6) is 0.174. The largest absolute Gasteiger partial charge is 0.377 e. The van der Waals surface area contributed by atoms with E-state index in [0.717, 1.165) is 6.42 Å². The predicted molar refractivity (Wildman–Crippen MR) is 79.3 cm³/mol. The minimum Gasteiger partial charge on any atom is -0.377 e. The van der Waals surface area contributed by atoms with Crippen molar-refractivity contribution in [2.75, 3.05) is 13.2 Å². The molecule has 3 unspecified atom stereocenters. The van der Waals surface area contributed by atoms with E-state index in [1.54, 1.807) is 0 Å². The molecule has 1 aliphatic rings. The molecule has 20 heavy (non-hydrogen) atoms. The summed E-state index contributed by atoms with van der Waals surface area (Å²) in [5, 5.41) is 3.37. The number of rotatable bonds is 6. The van der Waals surface area contributed by atoms with Gasteiger partial charge < -0.3 is 9.64 Å². The molecule has 1 N–H and O–H groups in total. The third-order valence-corrected chi connectivity index (χ3v) is 3.68. The van der Waals surface area contributed by atoms with Gasteiger partial charge in [0, 0.05) is 13.2 Å². The van der Waals surface area contributed by atoms with Crippen LogP contribution in [0.4, 0.5) is 0 Å². The zero-order chi connectivity index (χ0) is 14.5. The third-order valence-electron chi connectivity index (χ3n) is 3.68. The van der Waals surface area contributed by atoms with E-state index in [1.807, 2.05) is 43.9 Å². The topological polar surface area (TPSA) is 41.6 Å². The Morgan fingerprint density at radius 3 is 2.70 bits per heavy atom. The van der Waals surface area contributed by atoms with E-state index < -0.39 is 0 Å². The van der Waals surface area contributed by atoms with Gasteiger partial charge in [-0.3, -0.25) is 10.1 Å². The first-order valence-corrected chi connectivity index (χ1v) is 7.34. The van der Waals surface area contributed by atoms with Crippen LogP contribution < -0.4 is 5.32 Å². The minimum absolute atomic E-state index is 0.0686. The molecule has 1 amide bonds. The van der Waals surface area contributed by atoms with Crippen LogP contribution in [0.1, 0.15) is 26.3 Å². The summed E-state index contributed by atoms with van der Waals surface area (Å²) in [7, 11) is 0. The number of nitrogens with one attached hydrogen (secondary N) is 1. The van der Waals surface area contributed by atoms with E-state index in [4.69, 9.17) is 4.74 Å². The number of nitrogens with zero attached hydrogens (tertiary/aromatic N) is 1. The Hall–Kier alpha value is -1.39. The van der Waals surface area contributed by atoms with E-state index in [1.165, 1.54) is 5.56 Å². The van der Waals surface area contributed by atoms with Gasteiger partial charge in [-0.05, 0) is 32.8 Å².